The molecule has 2 aromatic heterocycles. The highest BCUT2D eigenvalue weighted by Gasteiger charge is 2.39. The van der Waals surface area contributed by atoms with Crippen LogP contribution in [0.2, 0.25) is 5.02 Å². The fourth-order valence-electron chi connectivity index (χ4n) is 3.13. The first-order chi connectivity index (χ1) is 14.3. The van der Waals surface area contributed by atoms with Gasteiger partial charge in [0.15, 0.2) is 11.3 Å². The Morgan fingerprint density at radius 1 is 1.03 bits per heavy atom. The molecular weight excluding hydrogens is 417 g/mol. The van der Waals surface area contributed by atoms with Crippen LogP contribution in [0.15, 0.2) is 54.6 Å². The van der Waals surface area contributed by atoms with Crippen molar-refractivity contribution in [3.63, 3.8) is 0 Å². The number of alkyl halides is 3. The first-order valence-electron chi connectivity index (χ1n) is 8.91. The number of anilines is 2. The Morgan fingerprint density at radius 2 is 1.70 bits per heavy atom. The van der Waals surface area contributed by atoms with Crippen LogP contribution in [0.4, 0.5) is 24.7 Å². The van der Waals surface area contributed by atoms with Gasteiger partial charge in [-0.15, -0.1) is 0 Å². The predicted molar refractivity (Wildman–Crippen MR) is 109 cm³/mol. The molecule has 0 aliphatic rings. The number of hydrogen-bond acceptors (Lipinski definition) is 4. The Kier molecular flexibility index (Phi) is 5.03. The molecule has 0 radical (unpaired) electrons. The van der Waals surface area contributed by atoms with E-state index < -0.39 is 11.9 Å². The molecule has 0 spiro atoms. The number of aryl methyl sites for hydroxylation is 1. The van der Waals surface area contributed by atoms with Gasteiger partial charge < -0.3 is 10.1 Å². The molecule has 30 heavy (non-hydrogen) atoms. The second-order valence-corrected chi connectivity index (χ2v) is 7.04. The minimum Gasteiger partial charge on any atom is -0.497 e. The standard InChI is InChI=1S/C21H16ClF3N4O/c1-12-11-17(27-15-7-9-16(30-2)10-8-15)29-20(26-12)18(19(28-29)21(23,24)25)13-3-5-14(22)6-4-13/h3-11,27H,1-2H3. The monoisotopic (exact) mass is 432 g/mol. The summed E-state index contributed by atoms with van der Waals surface area (Å²) in [5.41, 5.74) is 0.527. The van der Waals surface area contributed by atoms with E-state index in [0.717, 1.165) is 0 Å². The summed E-state index contributed by atoms with van der Waals surface area (Å²) in [5, 5.41) is 7.40. The summed E-state index contributed by atoms with van der Waals surface area (Å²) in [6, 6.07) is 14.8. The van der Waals surface area contributed by atoms with Crippen LogP contribution in [0, 0.1) is 6.92 Å². The number of nitrogens with zero attached hydrogens (tertiary/aromatic N) is 3. The first kappa shape index (κ1) is 20.0. The molecule has 0 fully saturated rings. The van der Waals surface area contributed by atoms with Gasteiger partial charge in [0.25, 0.3) is 0 Å². The summed E-state index contributed by atoms with van der Waals surface area (Å²) in [6.07, 6.45) is -4.66. The number of hydrogen-bond donors (Lipinski definition) is 1. The van der Waals surface area contributed by atoms with Gasteiger partial charge in [-0.2, -0.15) is 22.8 Å². The Morgan fingerprint density at radius 3 is 2.30 bits per heavy atom. The van der Waals surface area contributed by atoms with Gasteiger partial charge >= 0.3 is 6.18 Å². The van der Waals surface area contributed by atoms with Crippen LogP contribution in [-0.4, -0.2) is 21.7 Å². The lowest BCUT2D eigenvalue weighted by molar-refractivity contribution is -0.140. The molecule has 0 saturated carbocycles. The van der Waals surface area contributed by atoms with E-state index in [9.17, 15) is 13.2 Å². The Labute approximate surface area is 175 Å². The quantitative estimate of drug-likeness (QED) is 0.421. The SMILES string of the molecule is COc1ccc(Nc2cc(C)nc3c(-c4ccc(Cl)cc4)c(C(F)(F)F)nn23)cc1. The fourth-order valence-corrected chi connectivity index (χ4v) is 3.26. The molecule has 0 saturated heterocycles. The lowest BCUT2D eigenvalue weighted by Crippen LogP contribution is -2.08. The molecule has 5 nitrogen and oxygen atoms in total. The number of rotatable bonds is 4. The highest BCUT2D eigenvalue weighted by atomic mass is 35.5. The zero-order valence-electron chi connectivity index (χ0n) is 16.0. The third kappa shape index (κ3) is 3.78. The van der Waals surface area contributed by atoms with Crippen LogP contribution < -0.4 is 10.1 Å². The van der Waals surface area contributed by atoms with Crippen molar-refractivity contribution in [3.8, 4) is 16.9 Å². The van der Waals surface area contributed by atoms with Crippen molar-refractivity contribution in [3.05, 3.63) is 71.0 Å². The van der Waals surface area contributed by atoms with Crippen molar-refractivity contribution in [1.29, 1.82) is 0 Å². The maximum absolute atomic E-state index is 13.8. The van der Waals surface area contributed by atoms with Gasteiger partial charge in [0.05, 0.1) is 12.7 Å². The minimum absolute atomic E-state index is 0.0966. The topological polar surface area (TPSA) is 51.5 Å². The first-order valence-corrected chi connectivity index (χ1v) is 9.28. The van der Waals surface area contributed by atoms with Crippen LogP contribution >= 0.6 is 11.6 Å². The lowest BCUT2D eigenvalue weighted by Gasteiger charge is -2.10. The van der Waals surface area contributed by atoms with Gasteiger partial charge in [0.1, 0.15) is 11.6 Å². The van der Waals surface area contributed by atoms with Crippen molar-refractivity contribution in [2.45, 2.75) is 13.1 Å². The third-order valence-corrected chi connectivity index (χ3v) is 4.73. The molecular formula is C21H16ClF3N4O. The summed E-state index contributed by atoms with van der Waals surface area (Å²) in [4.78, 5) is 4.35. The van der Waals surface area contributed by atoms with Crippen LogP contribution in [0.3, 0.4) is 0 Å². The molecule has 0 unspecified atom stereocenters. The summed E-state index contributed by atoms with van der Waals surface area (Å²) in [5.74, 6) is 1.02. The van der Waals surface area contributed by atoms with E-state index in [-0.39, 0.29) is 11.2 Å². The number of aromatic nitrogens is 3. The molecule has 0 aliphatic carbocycles. The highest BCUT2D eigenvalue weighted by Crippen LogP contribution is 2.39. The Bertz CT molecular complexity index is 1200. The molecule has 0 amide bonds. The number of methoxy groups -OCH3 is 1. The van der Waals surface area contributed by atoms with E-state index in [1.54, 1.807) is 44.4 Å². The van der Waals surface area contributed by atoms with Crippen LogP contribution in [0.1, 0.15) is 11.4 Å². The summed E-state index contributed by atoms with van der Waals surface area (Å²) in [7, 11) is 1.55. The summed E-state index contributed by atoms with van der Waals surface area (Å²) >= 11 is 5.91. The molecule has 9 heteroatoms. The molecule has 154 valence electrons. The van der Waals surface area contributed by atoms with Gasteiger partial charge in [0, 0.05) is 22.5 Å². The highest BCUT2D eigenvalue weighted by molar-refractivity contribution is 6.30. The largest absolute Gasteiger partial charge is 0.497 e. The van der Waals surface area contributed by atoms with Gasteiger partial charge in [-0.1, -0.05) is 23.7 Å². The number of fused-ring (bicyclic) bond motifs is 1. The van der Waals surface area contributed by atoms with E-state index in [1.807, 2.05) is 0 Å². The predicted octanol–water partition coefficient (Wildman–Crippen LogP) is 6.13. The van der Waals surface area contributed by atoms with Crippen molar-refractivity contribution >= 4 is 28.8 Å². The Hall–Kier alpha value is -3.26. The van der Waals surface area contributed by atoms with Crippen LogP contribution in [0.25, 0.3) is 16.8 Å². The number of ether oxygens (including phenoxy) is 1. The van der Waals surface area contributed by atoms with E-state index in [0.29, 0.717) is 33.5 Å². The number of halogens is 4. The number of nitrogens with one attached hydrogen (secondary N) is 1. The van der Waals surface area contributed by atoms with E-state index in [2.05, 4.69) is 15.4 Å². The number of benzene rings is 2. The second kappa shape index (κ2) is 7.53. The normalized spacial score (nSPS) is 11.7. The maximum Gasteiger partial charge on any atom is 0.435 e. The molecule has 1 N–H and O–H groups in total. The van der Waals surface area contributed by atoms with E-state index in [4.69, 9.17) is 16.3 Å². The summed E-state index contributed by atoms with van der Waals surface area (Å²) in [6.45, 7) is 1.71. The van der Waals surface area contributed by atoms with Crippen LogP contribution in [0.5, 0.6) is 5.75 Å². The lowest BCUT2D eigenvalue weighted by atomic mass is 10.1. The zero-order chi connectivity index (χ0) is 21.5. The molecule has 0 atom stereocenters. The molecule has 0 bridgehead atoms. The van der Waals surface area contributed by atoms with Crippen molar-refractivity contribution in [1.82, 2.24) is 14.6 Å². The van der Waals surface area contributed by atoms with E-state index in [1.165, 1.54) is 28.8 Å². The van der Waals surface area contributed by atoms with Crippen LogP contribution in [-0.2, 0) is 6.18 Å². The third-order valence-electron chi connectivity index (χ3n) is 4.48. The molecule has 4 aromatic rings. The molecule has 2 aromatic carbocycles. The molecule has 4 rings (SSSR count). The van der Waals surface area contributed by atoms with E-state index >= 15 is 0 Å². The molecule has 2 heterocycles. The zero-order valence-corrected chi connectivity index (χ0v) is 16.7. The van der Waals surface area contributed by atoms with Crippen molar-refractivity contribution < 1.29 is 17.9 Å². The second-order valence-electron chi connectivity index (χ2n) is 6.60. The average molecular weight is 433 g/mol. The Balaban J connectivity index is 1.91. The molecule has 0 aliphatic heterocycles. The van der Waals surface area contributed by atoms with Gasteiger partial charge in [-0.05, 0) is 48.9 Å². The van der Waals surface area contributed by atoms with Crippen molar-refractivity contribution in [2.24, 2.45) is 0 Å². The minimum atomic E-state index is -4.66. The summed E-state index contributed by atoms with van der Waals surface area (Å²) < 4.78 is 47.8. The fraction of sp³-hybridized carbons (Fsp3) is 0.143. The smallest absolute Gasteiger partial charge is 0.435 e. The van der Waals surface area contributed by atoms with Gasteiger partial charge in [-0.25, -0.2) is 4.98 Å². The van der Waals surface area contributed by atoms with Crippen molar-refractivity contribution in [2.75, 3.05) is 12.4 Å². The van der Waals surface area contributed by atoms with Gasteiger partial charge in [0.2, 0.25) is 0 Å². The average Bonchev–Trinajstić information content (AvgIpc) is 3.09. The van der Waals surface area contributed by atoms with Gasteiger partial charge in [-0.3, -0.25) is 0 Å². The maximum atomic E-state index is 13.8.